The summed E-state index contributed by atoms with van der Waals surface area (Å²) in [7, 11) is 1.47. The Kier molecular flexibility index (Phi) is 8.60. The first-order valence-corrected chi connectivity index (χ1v) is 14.1. The van der Waals surface area contributed by atoms with E-state index in [9.17, 15) is 18.0 Å². The van der Waals surface area contributed by atoms with Crippen LogP contribution >= 0.6 is 0 Å². The van der Waals surface area contributed by atoms with Crippen molar-refractivity contribution in [3.05, 3.63) is 47.9 Å². The van der Waals surface area contributed by atoms with Crippen molar-refractivity contribution in [1.29, 1.82) is 0 Å². The molecule has 1 amide bonds. The minimum atomic E-state index is -4.64. The molecular weight excluding hydrogens is 521 g/mol. The second kappa shape index (κ2) is 12.1. The van der Waals surface area contributed by atoms with Crippen LogP contribution in [0, 0.1) is 11.8 Å². The Morgan fingerprint density at radius 2 is 1.90 bits per heavy atom. The Hall–Kier alpha value is -3.18. The fourth-order valence-electron chi connectivity index (χ4n) is 5.90. The highest BCUT2D eigenvalue weighted by molar-refractivity contribution is 6.05. The molecule has 0 radical (unpaired) electrons. The fourth-order valence-corrected chi connectivity index (χ4v) is 5.90. The zero-order chi connectivity index (χ0) is 28.3. The third kappa shape index (κ3) is 6.58. The molecule has 2 aromatic heterocycles. The highest BCUT2D eigenvalue weighted by atomic mass is 19.4. The summed E-state index contributed by atoms with van der Waals surface area (Å²) in [5.74, 6) is 1.03. The number of alkyl halides is 3. The molecule has 8 nitrogen and oxygen atoms in total. The molecule has 0 unspecified atom stereocenters. The Labute approximate surface area is 232 Å². The average molecular weight is 559 g/mol. The van der Waals surface area contributed by atoms with E-state index in [2.05, 4.69) is 27.9 Å². The number of carbonyl (C=O) groups is 1. The largest absolute Gasteiger partial charge is 0.494 e. The standard InChI is InChI=1S/C29H37F3N6O2/c1-18(34-16-19-10-12-33-13-11-19)20-6-8-22(9-7-20)38-17-21-14-25(26(40-2)15-24(21)37-38)36-28(39)23-4-3-5-27(35-23)29(30,31)32/h3-5,14-15,17-20,22,33-34H,6-13,16H2,1-2H3,(H,36,39)/t18-,20?,22?/m1/s1. The van der Waals surface area contributed by atoms with Crippen LogP contribution in [0.2, 0.25) is 0 Å². The highest BCUT2D eigenvalue weighted by Crippen LogP contribution is 2.36. The monoisotopic (exact) mass is 558 g/mol. The van der Waals surface area contributed by atoms with Crippen LogP contribution in [0.1, 0.15) is 67.7 Å². The maximum Gasteiger partial charge on any atom is 0.433 e. The molecule has 3 heterocycles. The quantitative estimate of drug-likeness (QED) is 0.342. The first-order valence-electron chi connectivity index (χ1n) is 14.1. The van der Waals surface area contributed by atoms with Gasteiger partial charge in [0.05, 0.1) is 24.4 Å². The van der Waals surface area contributed by atoms with Crippen molar-refractivity contribution in [3.63, 3.8) is 0 Å². The summed E-state index contributed by atoms with van der Waals surface area (Å²) in [6, 6.07) is 7.50. The summed E-state index contributed by atoms with van der Waals surface area (Å²) in [6.07, 6.45) is 4.18. The van der Waals surface area contributed by atoms with Gasteiger partial charge in [0.25, 0.3) is 5.91 Å². The van der Waals surface area contributed by atoms with Crippen LogP contribution in [0.4, 0.5) is 18.9 Å². The minimum Gasteiger partial charge on any atom is -0.494 e. The number of piperidine rings is 1. The number of hydrogen-bond donors (Lipinski definition) is 3. The number of nitrogens with zero attached hydrogens (tertiary/aromatic N) is 3. The molecule has 1 aromatic carbocycles. The third-order valence-corrected chi connectivity index (χ3v) is 8.37. The van der Waals surface area contributed by atoms with Gasteiger partial charge < -0.3 is 20.7 Å². The molecule has 1 aliphatic heterocycles. The van der Waals surface area contributed by atoms with Crippen molar-refractivity contribution in [2.24, 2.45) is 11.8 Å². The summed E-state index contributed by atoms with van der Waals surface area (Å²) < 4.78 is 46.6. The first kappa shape index (κ1) is 28.4. The summed E-state index contributed by atoms with van der Waals surface area (Å²) in [4.78, 5) is 16.2. The number of amides is 1. The van der Waals surface area contributed by atoms with Crippen LogP contribution in [-0.4, -0.2) is 53.5 Å². The molecular formula is C29H37F3N6O2. The maximum absolute atomic E-state index is 13.0. The van der Waals surface area contributed by atoms with Crippen LogP contribution in [0.3, 0.4) is 0 Å². The number of hydrogen-bond acceptors (Lipinski definition) is 6. The lowest BCUT2D eigenvalue weighted by atomic mass is 9.82. The third-order valence-electron chi connectivity index (χ3n) is 8.37. The van der Waals surface area contributed by atoms with E-state index in [1.165, 1.54) is 26.0 Å². The minimum absolute atomic E-state index is 0.290. The predicted molar refractivity (Wildman–Crippen MR) is 148 cm³/mol. The van der Waals surface area contributed by atoms with Crippen molar-refractivity contribution < 1.29 is 22.7 Å². The second-order valence-electron chi connectivity index (χ2n) is 11.0. The SMILES string of the molecule is COc1cc2nn(C3CCC([C@@H](C)NCC4CCNCC4)CC3)cc2cc1NC(=O)c1cccc(C(F)(F)F)n1. The Morgan fingerprint density at radius 1 is 1.15 bits per heavy atom. The first-order chi connectivity index (χ1) is 19.2. The number of carbonyl (C=O) groups excluding carboxylic acids is 1. The van der Waals surface area contributed by atoms with Crippen LogP contribution in [0.25, 0.3) is 10.9 Å². The van der Waals surface area contributed by atoms with Gasteiger partial charge in [-0.2, -0.15) is 18.3 Å². The van der Waals surface area contributed by atoms with Crippen molar-refractivity contribution in [2.45, 2.75) is 63.7 Å². The van der Waals surface area contributed by atoms with E-state index in [1.807, 2.05) is 10.9 Å². The van der Waals surface area contributed by atoms with Crippen LogP contribution < -0.4 is 20.7 Å². The highest BCUT2D eigenvalue weighted by Gasteiger charge is 2.33. The van der Waals surface area contributed by atoms with E-state index in [0.717, 1.165) is 74.3 Å². The molecule has 2 fully saturated rings. The van der Waals surface area contributed by atoms with Gasteiger partial charge in [0.15, 0.2) is 0 Å². The Balaban J connectivity index is 1.23. The molecule has 1 atom stereocenters. The molecule has 0 bridgehead atoms. The van der Waals surface area contributed by atoms with Gasteiger partial charge in [-0.1, -0.05) is 6.07 Å². The molecule has 11 heteroatoms. The molecule has 1 saturated heterocycles. The summed E-state index contributed by atoms with van der Waals surface area (Å²) >= 11 is 0. The van der Waals surface area contributed by atoms with Gasteiger partial charge in [-0.25, -0.2) is 4.98 Å². The smallest absolute Gasteiger partial charge is 0.433 e. The van der Waals surface area contributed by atoms with Crippen molar-refractivity contribution in [3.8, 4) is 5.75 Å². The summed E-state index contributed by atoms with van der Waals surface area (Å²) in [5, 5.41) is 15.5. The van der Waals surface area contributed by atoms with Crippen LogP contribution in [-0.2, 0) is 6.18 Å². The van der Waals surface area contributed by atoms with Crippen molar-refractivity contribution in [1.82, 2.24) is 25.4 Å². The van der Waals surface area contributed by atoms with E-state index in [1.54, 1.807) is 12.1 Å². The molecule has 2 aliphatic rings. The van der Waals surface area contributed by atoms with Crippen LogP contribution in [0.5, 0.6) is 5.75 Å². The fraction of sp³-hybridized carbons (Fsp3) is 0.552. The van der Waals surface area contributed by atoms with Gasteiger partial charge in [-0.3, -0.25) is 9.48 Å². The van der Waals surface area contributed by atoms with E-state index >= 15 is 0 Å². The van der Waals surface area contributed by atoms with Gasteiger partial charge in [-0.15, -0.1) is 0 Å². The number of nitrogens with one attached hydrogen (secondary N) is 3. The van der Waals surface area contributed by atoms with Gasteiger partial charge >= 0.3 is 6.18 Å². The summed E-state index contributed by atoms with van der Waals surface area (Å²) in [5.41, 5.74) is -0.378. The number of benzene rings is 1. The lowest BCUT2D eigenvalue weighted by Gasteiger charge is -2.34. The van der Waals surface area contributed by atoms with Crippen molar-refractivity contribution >= 4 is 22.5 Å². The van der Waals surface area contributed by atoms with Gasteiger partial charge in [0.1, 0.15) is 17.1 Å². The summed E-state index contributed by atoms with van der Waals surface area (Å²) in [6.45, 7) is 5.65. The Morgan fingerprint density at radius 3 is 2.60 bits per heavy atom. The van der Waals surface area contributed by atoms with E-state index in [0.29, 0.717) is 29.4 Å². The van der Waals surface area contributed by atoms with Crippen LogP contribution in [0.15, 0.2) is 36.5 Å². The number of anilines is 1. The lowest BCUT2D eigenvalue weighted by molar-refractivity contribution is -0.141. The molecule has 40 heavy (non-hydrogen) atoms. The topological polar surface area (TPSA) is 93.1 Å². The molecule has 5 rings (SSSR count). The van der Waals surface area contributed by atoms with E-state index in [4.69, 9.17) is 9.84 Å². The zero-order valence-corrected chi connectivity index (χ0v) is 22.9. The number of fused-ring (bicyclic) bond motifs is 1. The van der Waals surface area contributed by atoms with E-state index in [-0.39, 0.29) is 5.69 Å². The molecule has 216 valence electrons. The van der Waals surface area contributed by atoms with Crippen molar-refractivity contribution in [2.75, 3.05) is 32.1 Å². The second-order valence-corrected chi connectivity index (χ2v) is 11.0. The number of halogens is 3. The average Bonchev–Trinajstić information content (AvgIpc) is 3.38. The number of ether oxygens (including phenoxy) is 1. The lowest BCUT2D eigenvalue weighted by Crippen LogP contribution is -2.41. The van der Waals surface area contributed by atoms with Gasteiger partial charge in [-0.05, 0) is 95.1 Å². The number of pyridine rings is 1. The Bertz CT molecular complexity index is 1310. The molecule has 0 spiro atoms. The van der Waals surface area contributed by atoms with Gasteiger partial charge in [0.2, 0.25) is 0 Å². The molecule has 3 N–H and O–H groups in total. The number of rotatable bonds is 8. The molecule has 3 aromatic rings. The number of aromatic nitrogens is 3. The number of methoxy groups -OCH3 is 1. The van der Waals surface area contributed by atoms with E-state index < -0.39 is 17.8 Å². The normalized spacial score (nSPS) is 21.3. The van der Waals surface area contributed by atoms with Gasteiger partial charge in [0, 0.05) is 23.7 Å². The zero-order valence-electron chi connectivity index (χ0n) is 22.9. The predicted octanol–water partition coefficient (Wildman–Crippen LogP) is 5.42. The molecule has 1 aliphatic carbocycles. The maximum atomic E-state index is 13.0. The molecule has 1 saturated carbocycles.